The zero-order chi connectivity index (χ0) is 16.3. The van der Waals surface area contributed by atoms with Crippen LogP contribution in [0.1, 0.15) is 50.2 Å². The van der Waals surface area contributed by atoms with Gasteiger partial charge in [0.25, 0.3) is 0 Å². The lowest BCUT2D eigenvalue weighted by Gasteiger charge is -2.15. The van der Waals surface area contributed by atoms with Gasteiger partial charge < -0.3 is 15.7 Å². The van der Waals surface area contributed by atoms with Gasteiger partial charge in [0.2, 0.25) is 0 Å². The smallest absolute Gasteiger partial charge is 0.191 e. The molecule has 2 rings (SSSR count). The molecule has 0 unspecified atom stereocenters. The Kier molecular flexibility index (Phi) is 7.67. The van der Waals surface area contributed by atoms with Crippen LogP contribution in [-0.4, -0.2) is 24.2 Å². The second-order valence-corrected chi connectivity index (χ2v) is 5.91. The predicted molar refractivity (Wildman–Crippen MR) is 96.4 cm³/mol. The molecule has 0 aromatic heterocycles. The quantitative estimate of drug-likeness (QED) is 0.412. The van der Waals surface area contributed by atoms with Crippen molar-refractivity contribution in [3.8, 4) is 0 Å². The van der Waals surface area contributed by atoms with Gasteiger partial charge in [0.1, 0.15) is 0 Å². The Labute approximate surface area is 139 Å². The fourth-order valence-corrected chi connectivity index (χ4v) is 2.85. The molecule has 0 radical (unpaired) electrons. The van der Waals surface area contributed by atoms with E-state index >= 15 is 0 Å². The van der Waals surface area contributed by atoms with E-state index in [-0.39, 0.29) is 6.61 Å². The Bertz CT molecular complexity index is 537. The Balaban J connectivity index is 1.87. The molecular weight excluding hydrogens is 286 g/mol. The van der Waals surface area contributed by atoms with Crippen LogP contribution < -0.4 is 10.6 Å². The summed E-state index contributed by atoms with van der Waals surface area (Å²) in [4.78, 5) is 4.64. The number of hydrogen-bond acceptors (Lipinski definition) is 2. The first-order valence-corrected chi connectivity index (χ1v) is 8.71. The maximum absolute atomic E-state index is 9.39. The highest BCUT2D eigenvalue weighted by molar-refractivity contribution is 5.79. The second kappa shape index (κ2) is 10.1. The summed E-state index contributed by atoms with van der Waals surface area (Å²) in [6, 6.07) is 7.90. The number of rotatable bonds is 7. The van der Waals surface area contributed by atoms with Gasteiger partial charge in [0.15, 0.2) is 5.96 Å². The van der Waals surface area contributed by atoms with Crippen LogP contribution in [0.2, 0.25) is 0 Å². The van der Waals surface area contributed by atoms with Crippen molar-refractivity contribution in [3.63, 3.8) is 0 Å². The Hall–Kier alpha value is -1.81. The third kappa shape index (κ3) is 6.06. The summed E-state index contributed by atoms with van der Waals surface area (Å²) in [6.45, 7) is 4.47. The summed E-state index contributed by atoms with van der Waals surface area (Å²) in [5.74, 6) is 0.844. The molecule has 0 fully saturated rings. The summed E-state index contributed by atoms with van der Waals surface area (Å²) in [6.07, 6.45) is 8.65. The number of aliphatic imine (C=N–C) groups is 1. The topological polar surface area (TPSA) is 56.7 Å². The lowest BCUT2D eigenvalue weighted by molar-refractivity contribution is 0.280. The van der Waals surface area contributed by atoms with Gasteiger partial charge >= 0.3 is 0 Å². The Morgan fingerprint density at radius 2 is 2.00 bits per heavy atom. The van der Waals surface area contributed by atoms with Crippen molar-refractivity contribution >= 4 is 5.96 Å². The number of allylic oxidation sites excluding steroid dienone is 1. The first-order chi connectivity index (χ1) is 11.3. The van der Waals surface area contributed by atoms with Crippen molar-refractivity contribution in [1.29, 1.82) is 0 Å². The first kappa shape index (κ1) is 17.5. The standard InChI is InChI=1S/C19H29N3O/c1-2-20-19(21-13-12-16-8-4-3-5-9-16)22-14-17-10-6-7-11-18(17)15-23/h6-8,10-11,23H,2-5,9,12-15H2,1H3,(H2,20,21,22). The molecule has 0 aliphatic heterocycles. The molecule has 0 atom stereocenters. The van der Waals surface area contributed by atoms with Gasteiger partial charge in [-0.15, -0.1) is 0 Å². The highest BCUT2D eigenvalue weighted by Gasteiger charge is 2.05. The van der Waals surface area contributed by atoms with Gasteiger partial charge in [-0.3, -0.25) is 0 Å². The van der Waals surface area contributed by atoms with Crippen LogP contribution in [0.25, 0.3) is 0 Å². The molecule has 4 heteroatoms. The van der Waals surface area contributed by atoms with Crippen LogP contribution in [0.5, 0.6) is 0 Å². The van der Waals surface area contributed by atoms with E-state index in [1.54, 1.807) is 5.57 Å². The lowest BCUT2D eigenvalue weighted by atomic mass is 9.97. The second-order valence-electron chi connectivity index (χ2n) is 5.91. The van der Waals surface area contributed by atoms with Gasteiger partial charge in [-0.2, -0.15) is 0 Å². The van der Waals surface area contributed by atoms with Crippen LogP contribution in [0.3, 0.4) is 0 Å². The normalized spacial score (nSPS) is 15.2. The van der Waals surface area contributed by atoms with E-state index in [4.69, 9.17) is 0 Å². The van der Waals surface area contributed by atoms with Gasteiger partial charge in [0.05, 0.1) is 13.2 Å². The van der Waals surface area contributed by atoms with Gasteiger partial charge in [0, 0.05) is 13.1 Å². The maximum atomic E-state index is 9.39. The van der Waals surface area contributed by atoms with E-state index in [0.29, 0.717) is 6.54 Å². The molecule has 1 aliphatic rings. The Morgan fingerprint density at radius 1 is 1.17 bits per heavy atom. The zero-order valence-electron chi connectivity index (χ0n) is 14.1. The van der Waals surface area contributed by atoms with E-state index in [9.17, 15) is 5.11 Å². The number of aliphatic hydroxyl groups excluding tert-OH is 1. The van der Waals surface area contributed by atoms with Crippen molar-refractivity contribution in [1.82, 2.24) is 10.6 Å². The van der Waals surface area contributed by atoms with Crippen LogP contribution in [0.15, 0.2) is 40.9 Å². The van der Waals surface area contributed by atoms with E-state index in [0.717, 1.165) is 36.6 Å². The van der Waals surface area contributed by atoms with Crippen LogP contribution in [0, 0.1) is 0 Å². The molecule has 1 aromatic carbocycles. The molecule has 0 saturated heterocycles. The maximum Gasteiger partial charge on any atom is 0.191 e. The van der Waals surface area contributed by atoms with Gasteiger partial charge in [-0.05, 0) is 50.2 Å². The monoisotopic (exact) mass is 315 g/mol. The molecule has 4 nitrogen and oxygen atoms in total. The van der Waals surface area contributed by atoms with Crippen LogP contribution in [-0.2, 0) is 13.2 Å². The van der Waals surface area contributed by atoms with Gasteiger partial charge in [-0.1, -0.05) is 35.9 Å². The molecule has 0 bridgehead atoms. The van der Waals surface area contributed by atoms with Crippen LogP contribution in [0.4, 0.5) is 0 Å². The minimum Gasteiger partial charge on any atom is -0.392 e. The molecule has 0 saturated carbocycles. The highest BCUT2D eigenvalue weighted by Crippen LogP contribution is 2.19. The molecule has 0 amide bonds. The average molecular weight is 315 g/mol. The number of nitrogens with zero attached hydrogens (tertiary/aromatic N) is 1. The fourth-order valence-electron chi connectivity index (χ4n) is 2.85. The number of nitrogens with one attached hydrogen (secondary N) is 2. The number of hydrogen-bond donors (Lipinski definition) is 3. The van der Waals surface area contributed by atoms with Crippen molar-refractivity contribution in [2.24, 2.45) is 4.99 Å². The molecule has 1 aliphatic carbocycles. The molecule has 0 heterocycles. The largest absolute Gasteiger partial charge is 0.392 e. The minimum atomic E-state index is 0.0593. The molecule has 0 spiro atoms. The van der Waals surface area contributed by atoms with Crippen molar-refractivity contribution in [3.05, 3.63) is 47.0 Å². The third-order valence-electron chi connectivity index (χ3n) is 4.16. The van der Waals surface area contributed by atoms with E-state index in [1.165, 1.54) is 25.7 Å². The minimum absolute atomic E-state index is 0.0593. The third-order valence-corrected chi connectivity index (χ3v) is 4.16. The Morgan fingerprint density at radius 3 is 2.70 bits per heavy atom. The average Bonchev–Trinajstić information content (AvgIpc) is 2.61. The zero-order valence-corrected chi connectivity index (χ0v) is 14.1. The van der Waals surface area contributed by atoms with E-state index < -0.39 is 0 Å². The van der Waals surface area contributed by atoms with Crippen LogP contribution >= 0.6 is 0 Å². The summed E-state index contributed by atoms with van der Waals surface area (Å²) >= 11 is 0. The molecule has 23 heavy (non-hydrogen) atoms. The molecule has 126 valence electrons. The molecule has 1 aromatic rings. The first-order valence-electron chi connectivity index (χ1n) is 8.71. The molecular formula is C19H29N3O. The number of benzene rings is 1. The van der Waals surface area contributed by atoms with Crippen molar-refractivity contribution in [2.75, 3.05) is 13.1 Å². The number of guanidine groups is 1. The SMILES string of the molecule is CCNC(=NCc1ccccc1CO)NCCC1=CCCCC1. The summed E-state index contributed by atoms with van der Waals surface area (Å²) in [5, 5.41) is 16.1. The van der Waals surface area contributed by atoms with E-state index in [1.807, 2.05) is 24.3 Å². The molecule has 3 N–H and O–H groups in total. The summed E-state index contributed by atoms with van der Waals surface area (Å²) < 4.78 is 0. The lowest BCUT2D eigenvalue weighted by Crippen LogP contribution is -2.37. The highest BCUT2D eigenvalue weighted by atomic mass is 16.3. The fraction of sp³-hybridized carbons (Fsp3) is 0.526. The van der Waals surface area contributed by atoms with Crippen molar-refractivity contribution in [2.45, 2.75) is 52.2 Å². The van der Waals surface area contributed by atoms with E-state index in [2.05, 4.69) is 28.6 Å². The van der Waals surface area contributed by atoms with Gasteiger partial charge in [-0.25, -0.2) is 4.99 Å². The van der Waals surface area contributed by atoms with Crippen molar-refractivity contribution < 1.29 is 5.11 Å². The predicted octanol–water partition coefficient (Wildman–Crippen LogP) is 3.12. The summed E-state index contributed by atoms with van der Waals surface area (Å²) in [5.41, 5.74) is 3.59. The summed E-state index contributed by atoms with van der Waals surface area (Å²) in [7, 11) is 0. The number of aliphatic hydroxyl groups is 1.